The minimum atomic E-state index is -0.430. The Hall–Kier alpha value is -3.61. The Kier molecular flexibility index (Phi) is 4.57. The summed E-state index contributed by atoms with van der Waals surface area (Å²) in [7, 11) is 1.44. The van der Waals surface area contributed by atoms with Gasteiger partial charge in [0.15, 0.2) is 17.2 Å². The monoisotopic (exact) mass is 378 g/mol. The van der Waals surface area contributed by atoms with Gasteiger partial charge in [0.25, 0.3) is 0 Å². The van der Waals surface area contributed by atoms with Crippen molar-refractivity contribution >= 4 is 11.5 Å². The number of phenols is 1. The molecule has 0 aliphatic carbocycles. The first-order valence-electron chi connectivity index (χ1n) is 8.77. The van der Waals surface area contributed by atoms with Crippen LogP contribution in [0, 0.1) is 12.7 Å². The fourth-order valence-corrected chi connectivity index (χ4v) is 3.15. The van der Waals surface area contributed by atoms with E-state index in [4.69, 9.17) is 4.74 Å². The molecule has 0 radical (unpaired) electrons. The third-order valence-corrected chi connectivity index (χ3v) is 4.54. The maximum Gasteiger partial charge on any atom is 0.165 e. The van der Waals surface area contributed by atoms with Gasteiger partial charge in [-0.2, -0.15) is 9.61 Å². The molecule has 4 aromatic rings. The van der Waals surface area contributed by atoms with Crippen LogP contribution in [-0.2, 0) is 6.54 Å². The first kappa shape index (κ1) is 17.8. The van der Waals surface area contributed by atoms with Crippen LogP contribution >= 0.6 is 0 Å². The van der Waals surface area contributed by atoms with Gasteiger partial charge in [-0.1, -0.05) is 18.2 Å². The Balaban J connectivity index is 1.70. The third kappa shape index (κ3) is 3.22. The molecule has 28 heavy (non-hydrogen) atoms. The highest BCUT2D eigenvalue weighted by atomic mass is 19.1. The number of nitrogens with zero attached hydrogens (tertiary/aromatic N) is 3. The van der Waals surface area contributed by atoms with Crippen LogP contribution in [0.3, 0.4) is 0 Å². The second-order valence-corrected chi connectivity index (χ2v) is 6.40. The smallest absolute Gasteiger partial charge is 0.165 e. The quantitative estimate of drug-likeness (QED) is 0.545. The molecule has 0 amide bonds. The average Bonchev–Trinajstić information content (AvgIpc) is 3.04. The summed E-state index contributed by atoms with van der Waals surface area (Å²) in [6.45, 7) is 2.43. The van der Waals surface area contributed by atoms with Crippen LogP contribution in [0.15, 0.2) is 54.7 Å². The summed E-state index contributed by atoms with van der Waals surface area (Å²) >= 11 is 0. The molecule has 2 aromatic carbocycles. The molecule has 7 heteroatoms. The highest BCUT2D eigenvalue weighted by Gasteiger charge is 2.16. The van der Waals surface area contributed by atoms with Crippen LogP contribution in [0.2, 0.25) is 0 Å². The largest absolute Gasteiger partial charge is 0.508 e. The van der Waals surface area contributed by atoms with Crippen molar-refractivity contribution in [1.82, 2.24) is 14.6 Å². The summed E-state index contributed by atoms with van der Waals surface area (Å²) in [5, 5.41) is 17.3. The van der Waals surface area contributed by atoms with E-state index in [1.54, 1.807) is 35.0 Å². The van der Waals surface area contributed by atoms with Gasteiger partial charge in [0.2, 0.25) is 0 Å². The second-order valence-electron chi connectivity index (χ2n) is 6.40. The van der Waals surface area contributed by atoms with E-state index in [9.17, 15) is 9.50 Å². The lowest BCUT2D eigenvalue weighted by Gasteiger charge is -2.09. The van der Waals surface area contributed by atoms with E-state index in [1.807, 2.05) is 25.1 Å². The van der Waals surface area contributed by atoms with Crippen molar-refractivity contribution in [2.24, 2.45) is 0 Å². The summed E-state index contributed by atoms with van der Waals surface area (Å²) in [6.07, 6.45) is 1.69. The highest BCUT2D eigenvalue weighted by molar-refractivity contribution is 5.81. The lowest BCUT2D eigenvalue weighted by atomic mass is 10.1. The molecule has 2 heterocycles. The zero-order valence-electron chi connectivity index (χ0n) is 15.5. The van der Waals surface area contributed by atoms with Crippen LogP contribution in [0.25, 0.3) is 16.8 Å². The number of methoxy groups -OCH3 is 1. The van der Waals surface area contributed by atoms with Gasteiger partial charge in [-0.15, -0.1) is 0 Å². The van der Waals surface area contributed by atoms with Gasteiger partial charge in [-0.3, -0.25) is 0 Å². The first-order valence-corrected chi connectivity index (χ1v) is 8.77. The molecule has 2 N–H and O–H groups in total. The van der Waals surface area contributed by atoms with Crippen LogP contribution in [0.1, 0.15) is 11.3 Å². The fraction of sp³-hybridized carbons (Fsp3) is 0.143. The number of rotatable bonds is 5. The van der Waals surface area contributed by atoms with Gasteiger partial charge in [0.1, 0.15) is 11.6 Å². The fourth-order valence-electron chi connectivity index (χ4n) is 3.15. The van der Waals surface area contributed by atoms with E-state index in [-0.39, 0.29) is 11.5 Å². The molecule has 0 unspecified atom stereocenters. The third-order valence-electron chi connectivity index (χ3n) is 4.54. The zero-order chi connectivity index (χ0) is 19.7. The number of nitrogens with one attached hydrogen (secondary N) is 1. The van der Waals surface area contributed by atoms with Gasteiger partial charge >= 0.3 is 0 Å². The number of aromatic nitrogens is 3. The number of anilines is 1. The summed E-state index contributed by atoms with van der Waals surface area (Å²) in [5.41, 5.74) is 3.86. The summed E-state index contributed by atoms with van der Waals surface area (Å²) in [4.78, 5) is 4.45. The lowest BCUT2D eigenvalue weighted by molar-refractivity contribution is 0.386. The minimum absolute atomic E-state index is 0.196. The number of fused-ring (bicyclic) bond motifs is 1. The molecule has 0 aliphatic rings. The van der Waals surface area contributed by atoms with Crippen LogP contribution < -0.4 is 10.1 Å². The maximum absolute atomic E-state index is 14.2. The normalized spacial score (nSPS) is 11.0. The van der Waals surface area contributed by atoms with Gasteiger partial charge in [-0.25, -0.2) is 9.37 Å². The Morgan fingerprint density at radius 1 is 1.14 bits per heavy atom. The number of halogens is 1. The molecule has 142 valence electrons. The van der Waals surface area contributed by atoms with Gasteiger partial charge in [0, 0.05) is 18.3 Å². The van der Waals surface area contributed by atoms with Gasteiger partial charge in [-0.05, 0) is 48.4 Å². The molecular weight excluding hydrogens is 359 g/mol. The van der Waals surface area contributed by atoms with Gasteiger partial charge in [0.05, 0.1) is 12.8 Å². The summed E-state index contributed by atoms with van der Waals surface area (Å²) in [5.74, 6) is 0.762. The zero-order valence-corrected chi connectivity index (χ0v) is 15.5. The van der Waals surface area contributed by atoms with Gasteiger partial charge < -0.3 is 15.2 Å². The van der Waals surface area contributed by atoms with Crippen LogP contribution in [-0.4, -0.2) is 26.8 Å². The predicted molar refractivity (Wildman–Crippen MR) is 105 cm³/mol. The number of aryl methyl sites for hydroxylation is 1. The Morgan fingerprint density at radius 2 is 1.93 bits per heavy atom. The number of hydrogen-bond acceptors (Lipinski definition) is 5. The molecule has 4 rings (SSSR count). The molecule has 2 aromatic heterocycles. The molecule has 0 bridgehead atoms. The van der Waals surface area contributed by atoms with Crippen molar-refractivity contribution in [1.29, 1.82) is 0 Å². The van der Waals surface area contributed by atoms with E-state index in [0.717, 1.165) is 22.6 Å². The van der Waals surface area contributed by atoms with E-state index >= 15 is 0 Å². The van der Waals surface area contributed by atoms with Crippen molar-refractivity contribution in [3.05, 3.63) is 71.8 Å². The SMILES string of the molecule is COc1ccc(-c2c(C)nn3c(NCc4ccc(O)cc4)ccnc23)cc1F. The molecule has 0 aliphatic heterocycles. The van der Waals surface area contributed by atoms with E-state index in [2.05, 4.69) is 15.4 Å². The molecule has 0 atom stereocenters. The van der Waals surface area contributed by atoms with E-state index in [1.165, 1.54) is 13.2 Å². The maximum atomic E-state index is 14.2. The Morgan fingerprint density at radius 3 is 2.64 bits per heavy atom. The summed E-state index contributed by atoms with van der Waals surface area (Å²) < 4.78 is 20.9. The van der Waals surface area contributed by atoms with Crippen LogP contribution in [0.4, 0.5) is 10.2 Å². The Bertz CT molecular complexity index is 1140. The van der Waals surface area contributed by atoms with Crippen LogP contribution in [0.5, 0.6) is 11.5 Å². The highest BCUT2D eigenvalue weighted by Crippen LogP contribution is 2.31. The first-order chi connectivity index (χ1) is 13.6. The Labute approximate surface area is 161 Å². The number of benzene rings is 2. The number of ether oxygens (including phenoxy) is 1. The molecule has 0 fully saturated rings. The second kappa shape index (κ2) is 7.19. The molecule has 6 nitrogen and oxygen atoms in total. The van der Waals surface area contributed by atoms with Crippen molar-refractivity contribution < 1.29 is 14.2 Å². The number of hydrogen-bond donors (Lipinski definition) is 2. The minimum Gasteiger partial charge on any atom is -0.508 e. The summed E-state index contributed by atoms with van der Waals surface area (Å²) in [6, 6.07) is 13.6. The van der Waals surface area contributed by atoms with E-state index < -0.39 is 5.82 Å². The van der Waals surface area contributed by atoms with E-state index in [0.29, 0.717) is 17.8 Å². The van der Waals surface area contributed by atoms with Crippen molar-refractivity contribution in [2.45, 2.75) is 13.5 Å². The molecule has 0 saturated heterocycles. The molecular formula is C21H19FN4O2. The topological polar surface area (TPSA) is 71.7 Å². The molecule has 0 saturated carbocycles. The number of aromatic hydroxyl groups is 1. The van der Waals surface area contributed by atoms with Crippen molar-refractivity contribution in [2.75, 3.05) is 12.4 Å². The predicted octanol–water partition coefficient (Wildman–Crippen LogP) is 4.17. The standard InChI is InChI=1S/C21H19FN4O2/c1-13-20(15-5-8-18(28-2)17(22)11-15)21-23-10-9-19(26(21)25-13)24-12-14-3-6-16(27)7-4-14/h3-11,24,27H,12H2,1-2H3. The average molecular weight is 378 g/mol. The number of phenolic OH excluding ortho intramolecular Hbond substituents is 1. The molecule has 0 spiro atoms. The van der Waals surface area contributed by atoms with Crippen molar-refractivity contribution in [3.8, 4) is 22.6 Å². The lowest BCUT2D eigenvalue weighted by Crippen LogP contribution is -2.05. The van der Waals surface area contributed by atoms with Crippen molar-refractivity contribution in [3.63, 3.8) is 0 Å².